The maximum Gasteiger partial charge on any atom is 0.227 e. The first-order valence-corrected chi connectivity index (χ1v) is 8.49. The summed E-state index contributed by atoms with van der Waals surface area (Å²) in [6.45, 7) is 1.95. The number of rotatable bonds is 2. The van der Waals surface area contributed by atoms with E-state index < -0.39 is 0 Å². The summed E-state index contributed by atoms with van der Waals surface area (Å²) in [7, 11) is 0. The van der Waals surface area contributed by atoms with E-state index in [9.17, 15) is 4.79 Å². The van der Waals surface area contributed by atoms with Gasteiger partial charge in [0, 0.05) is 23.0 Å². The zero-order valence-corrected chi connectivity index (χ0v) is 13.4. The van der Waals surface area contributed by atoms with Gasteiger partial charge < -0.3 is 11.1 Å². The molecule has 0 saturated heterocycles. The number of pyridine rings is 1. The summed E-state index contributed by atoms with van der Waals surface area (Å²) in [6.07, 6.45) is 7.12. The Morgan fingerprint density at radius 2 is 2.09 bits per heavy atom. The van der Waals surface area contributed by atoms with Crippen LogP contribution in [0.4, 0.5) is 5.69 Å². The molecule has 2 aliphatic rings. The van der Waals surface area contributed by atoms with Gasteiger partial charge >= 0.3 is 0 Å². The Morgan fingerprint density at radius 3 is 2.83 bits per heavy atom. The quantitative estimate of drug-likeness (QED) is 0.793. The van der Waals surface area contributed by atoms with Crippen LogP contribution in [-0.2, 0) is 4.79 Å². The molecule has 2 aromatic heterocycles. The lowest BCUT2D eigenvalue weighted by atomic mass is 9.65. The van der Waals surface area contributed by atoms with Crippen molar-refractivity contribution in [1.82, 2.24) is 15.2 Å². The molecule has 6 heteroatoms. The molecular formula is C17H23N5O. The van der Waals surface area contributed by atoms with Gasteiger partial charge in [0.25, 0.3) is 0 Å². The average molecular weight is 313 g/mol. The Bertz CT molecular complexity index is 726. The van der Waals surface area contributed by atoms with Gasteiger partial charge in [-0.25, -0.2) is 4.98 Å². The molecule has 2 aliphatic carbocycles. The van der Waals surface area contributed by atoms with Crippen LogP contribution in [0.2, 0.25) is 0 Å². The molecule has 0 aromatic carbocycles. The molecule has 2 bridgehead atoms. The van der Waals surface area contributed by atoms with Crippen LogP contribution in [0.1, 0.15) is 37.8 Å². The highest BCUT2D eigenvalue weighted by molar-refractivity contribution is 5.94. The highest BCUT2D eigenvalue weighted by atomic mass is 16.1. The lowest BCUT2D eigenvalue weighted by Crippen LogP contribution is -2.48. The molecule has 4 N–H and O–H groups in total. The predicted octanol–water partition coefficient (Wildman–Crippen LogP) is 2.36. The van der Waals surface area contributed by atoms with Gasteiger partial charge in [-0.3, -0.25) is 9.89 Å². The van der Waals surface area contributed by atoms with E-state index in [-0.39, 0.29) is 11.8 Å². The largest absolute Gasteiger partial charge is 0.327 e. The standard InChI is InChI=1S/C17H23N5O/c1-9-14-7-13(8-19-16(14)22-21-9)20-17(23)12-5-10-3-2-4-11(6-12)15(10)18/h7-8,10-12,15H,2-6,18H2,1H3,(H,20,23)(H,19,21,22). The number of hydrogen-bond donors (Lipinski definition) is 3. The van der Waals surface area contributed by atoms with Crippen molar-refractivity contribution in [2.45, 2.75) is 45.1 Å². The number of aryl methyl sites for hydroxylation is 1. The summed E-state index contributed by atoms with van der Waals surface area (Å²) in [5.74, 6) is 1.20. The van der Waals surface area contributed by atoms with Crippen LogP contribution < -0.4 is 11.1 Å². The van der Waals surface area contributed by atoms with E-state index in [1.807, 2.05) is 13.0 Å². The number of nitrogens with two attached hydrogens (primary N) is 1. The molecule has 0 aliphatic heterocycles. The van der Waals surface area contributed by atoms with E-state index in [0.717, 1.165) is 29.6 Å². The molecule has 2 atom stereocenters. The Labute approximate surface area is 135 Å². The van der Waals surface area contributed by atoms with E-state index in [2.05, 4.69) is 20.5 Å². The molecule has 1 amide bonds. The summed E-state index contributed by atoms with van der Waals surface area (Å²) in [6, 6.07) is 2.23. The lowest BCUT2D eigenvalue weighted by Gasteiger charge is -2.43. The van der Waals surface area contributed by atoms with Crippen LogP contribution in [0.25, 0.3) is 11.0 Å². The summed E-state index contributed by atoms with van der Waals surface area (Å²) in [4.78, 5) is 17.0. The lowest BCUT2D eigenvalue weighted by molar-refractivity contribution is -0.122. The third-order valence-electron chi connectivity index (χ3n) is 5.65. The van der Waals surface area contributed by atoms with Gasteiger partial charge in [-0.05, 0) is 50.5 Å². The molecule has 122 valence electrons. The van der Waals surface area contributed by atoms with E-state index in [1.165, 1.54) is 19.3 Å². The maximum absolute atomic E-state index is 12.7. The van der Waals surface area contributed by atoms with Crippen LogP contribution in [0, 0.1) is 24.7 Å². The van der Waals surface area contributed by atoms with Crippen molar-refractivity contribution in [2.24, 2.45) is 23.5 Å². The molecule has 6 nitrogen and oxygen atoms in total. The van der Waals surface area contributed by atoms with Crippen molar-refractivity contribution < 1.29 is 4.79 Å². The van der Waals surface area contributed by atoms with Crippen LogP contribution in [0.3, 0.4) is 0 Å². The van der Waals surface area contributed by atoms with Crippen molar-refractivity contribution >= 4 is 22.6 Å². The smallest absolute Gasteiger partial charge is 0.227 e. The second kappa shape index (κ2) is 5.60. The minimum atomic E-state index is 0.0752. The van der Waals surface area contributed by atoms with Crippen molar-refractivity contribution in [1.29, 1.82) is 0 Å². The van der Waals surface area contributed by atoms with Gasteiger partial charge in [-0.1, -0.05) is 6.42 Å². The Balaban J connectivity index is 1.49. The number of H-pyrrole nitrogens is 1. The number of fused-ring (bicyclic) bond motifs is 3. The fourth-order valence-electron chi connectivity index (χ4n) is 4.34. The number of aromatic amines is 1. The van der Waals surface area contributed by atoms with Crippen molar-refractivity contribution in [3.05, 3.63) is 18.0 Å². The number of anilines is 1. The second-order valence-corrected chi connectivity index (χ2v) is 7.13. The number of aromatic nitrogens is 3. The molecule has 0 spiro atoms. The zero-order chi connectivity index (χ0) is 16.0. The number of carbonyl (C=O) groups excluding carboxylic acids is 1. The van der Waals surface area contributed by atoms with Gasteiger partial charge in [-0.2, -0.15) is 5.10 Å². The van der Waals surface area contributed by atoms with E-state index >= 15 is 0 Å². The van der Waals surface area contributed by atoms with E-state index in [4.69, 9.17) is 5.73 Å². The third kappa shape index (κ3) is 2.61. The molecule has 2 aromatic rings. The second-order valence-electron chi connectivity index (χ2n) is 7.13. The van der Waals surface area contributed by atoms with Gasteiger partial charge in [0.1, 0.15) is 0 Å². The molecule has 4 rings (SSSR count). The number of hydrogen-bond acceptors (Lipinski definition) is 4. The van der Waals surface area contributed by atoms with Crippen LogP contribution >= 0.6 is 0 Å². The van der Waals surface area contributed by atoms with Crippen molar-refractivity contribution in [3.63, 3.8) is 0 Å². The maximum atomic E-state index is 12.7. The van der Waals surface area contributed by atoms with Crippen LogP contribution in [-0.4, -0.2) is 27.1 Å². The van der Waals surface area contributed by atoms with Gasteiger partial charge in [0.05, 0.1) is 11.9 Å². The zero-order valence-electron chi connectivity index (χ0n) is 13.4. The highest BCUT2D eigenvalue weighted by Crippen LogP contribution is 2.42. The minimum Gasteiger partial charge on any atom is -0.327 e. The van der Waals surface area contributed by atoms with Gasteiger partial charge in [0.2, 0.25) is 5.91 Å². The highest BCUT2D eigenvalue weighted by Gasteiger charge is 2.40. The first-order chi connectivity index (χ1) is 11.1. The summed E-state index contributed by atoms with van der Waals surface area (Å²) in [5, 5.41) is 11.0. The first kappa shape index (κ1) is 14.6. The third-order valence-corrected chi connectivity index (χ3v) is 5.65. The predicted molar refractivity (Wildman–Crippen MR) is 88.8 cm³/mol. The number of nitrogens with one attached hydrogen (secondary N) is 2. The topological polar surface area (TPSA) is 96.7 Å². The molecular weight excluding hydrogens is 290 g/mol. The Hall–Kier alpha value is -1.95. The van der Waals surface area contributed by atoms with Crippen LogP contribution in [0.15, 0.2) is 12.3 Å². The summed E-state index contributed by atoms with van der Waals surface area (Å²) >= 11 is 0. The van der Waals surface area contributed by atoms with Crippen LogP contribution in [0.5, 0.6) is 0 Å². The fraction of sp³-hybridized carbons (Fsp3) is 0.588. The molecule has 2 saturated carbocycles. The molecule has 2 unspecified atom stereocenters. The fourth-order valence-corrected chi connectivity index (χ4v) is 4.34. The monoisotopic (exact) mass is 313 g/mol. The van der Waals surface area contributed by atoms with Crippen molar-refractivity contribution in [2.75, 3.05) is 5.32 Å². The normalized spacial score (nSPS) is 30.3. The SMILES string of the molecule is Cc1[nH]nc2ncc(NC(=O)C3CC4CCCC(C3)C4N)cc12. The Morgan fingerprint density at radius 1 is 1.35 bits per heavy atom. The number of carbonyl (C=O) groups is 1. The molecule has 2 fully saturated rings. The summed E-state index contributed by atoms with van der Waals surface area (Å²) < 4.78 is 0. The first-order valence-electron chi connectivity index (χ1n) is 8.49. The van der Waals surface area contributed by atoms with Gasteiger partial charge in [0.15, 0.2) is 5.65 Å². The van der Waals surface area contributed by atoms with Crippen molar-refractivity contribution in [3.8, 4) is 0 Å². The minimum absolute atomic E-state index is 0.0752. The van der Waals surface area contributed by atoms with E-state index in [1.54, 1.807) is 6.20 Å². The Kier molecular flexibility index (Phi) is 3.56. The van der Waals surface area contributed by atoms with E-state index in [0.29, 0.717) is 23.5 Å². The molecule has 0 radical (unpaired) electrons. The average Bonchev–Trinajstić information content (AvgIpc) is 2.88. The summed E-state index contributed by atoms with van der Waals surface area (Å²) in [5.41, 5.74) is 8.70. The molecule has 23 heavy (non-hydrogen) atoms. The van der Waals surface area contributed by atoms with Gasteiger partial charge in [-0.15, -0.1) is 0 Å². The molecule has 2 heterocycles. The number of amides is 1. The number of nitrogens with zero attached hydrogens (tertiary/aromatic N) is 2.